The molecule has 0 saturated carbocycles. The number of amides is 1. The molecule has 2 fully saturated rings. The molecule has 0 spiro atoms. The highest BCUT2D eigenvalue weighted by Crippen LogP contribution is 2.21. The second kappa shape index (κ2) is 10.6. The third-order valence-corrected chi connectivity index (χ3v) is 5.46. The first-order valence-corrected chi connectivity index (χ1v) is 10.3. The highest BCUT2D eigenvalue weighted by Gasteiger charge is 2.31. The lowest BCUT2D eigenvalue weighted by atomic mass is 10.2. The lowest BCUT2D eigenvalue weighted by Crippen LogP contribution is -2.44. The maximum absolute atomic E-state index is 12.4. The Labute approximate surface area is 195 Å². The first-order valence-electron chi connectivity index (χ1n) is 10.3. The Bertz CT molecular complexity index is 869. The van der Waals surface area contributed by atoms with Crippen LogP contribution in [0, 0.1) is 0 Å². The van der Waals surface area contributed by atoms with Gasteiger partial charge in [0.15, 0.2) is 5.96 Å². The number of carbonyl (C=O) groups excluding carboxylic acids is 1. The van der Waals surface area contributed by atoms with Crippen LogP contribution in [0.2, 0.25) is 0 Å². The van der Waals surface area contributed by atoms with E-state index in [0.717, 1.165) is 24.6 Å². The van der Waals surface area contributed by atoms with Crippen LogP contribution in [0.15, 0.2) is 53.7 Å². The zero-order valence-electron chi connectivity index (χ0n) is 17.3. The van der Waals surface area contributed by atoms with E-state index in [1.165, 1.54) is 18.4 Å². The molecular weight excluding hydrogens is 491 g/mol. The van der Waals surface area contributed by atoms with Crippen molar-refractivity contribution in [3.63, 3.8) is 0 Å². The highest BCUT2D eigenvalue weighted by atomic mass is 127. The fourth-order valence-corrected chi connectivity index (χ4v) is 3.93. The van der Waals surface area contributed by atoms with Gasteiger partial charge in [-0.2, -0.15) is 0 Å². The number of benzene rings is 1. The van der Waals surface area contributed by atoms with Gasteiger partial charge >= 0.3 is 0 Å². The second-order valence-electron chi connectivity index (χ2n) is 7.53. The van der Waals surface area contributed by atoms with E-state index in [4.69, 9.17) is 0 Å². The van der Waals surface area contributed by atoms with E-state index in [2.05, 4.69) is 31.6 Å². The first-order chi connectivity index (χ1) is 14.2. The number of rotatable bonds is 5. The number of pyridine rings is 1. The molecule has 2 saturated heterocycles. The number of nitrogens with zero attached hydrogens (tertiary/aromatic N) is 4. The number of hydrogen-bond acceptors (Lipinski definition) is 4. The molecule has 0 aliphatic carbocycles. The molecule has 1 aromatic heterocycles. The van der Waals surface area contributed by atoms with Crippen molar-refractivity contribution in [1.82, 2.24) is 15.6 Å². The molecule has 2 aliphatic heterocycles. The van der Waals surface area contributed by atoms with Crippen LogP contribution in [0.1, 0.15) is 24.8 Å². The molecule has 0 bridgehead atoms. The summed E-state index contributed by atoms with van der Waals surface area (Å²) in [7, 11) is 1.75. The molecule has 160 valence electrons. The largest absolute Gasteiger partial charge is 0.357 e. The lowest BCUT2D eigenvalue weighted by Gasteiger charge is -2.19. The molecule has 1 aromatic carbocycles. The number of carbonyl (C=O) groups is 1. The number of anilines is 2. The van der Waals surface area contributed by atoms with Crippen LogP contribution in [0.5, 0.6) is 0 Å². The predicted octanol–water partition coefficient (Wildman–Crippen LogP) is 2.77. The normalized spacial score (nSPS) is 19.0. The number of guanidine groups is 1. The predicted molar refractivity (Wildman–Crippen MR) is 132 cm³/mol. The maximum atomic E-state index is 12.4. The van der Waals surface area contributed by atoms with Crippen molar-refractivity contribution in [2.75, 3.05) is 36.5 Å². The average molecular weight is 520 g/mol. The minimum absolute atomic E-state index is 0. The Hall–Kier alpha value is -2.36. The van der Waals surface area contributed by atoms with E-state index in [9.17, 15) is 4.79 Å². The van der Waals surface area contributed by atoms with Gasteiger partial charge in [-0.3, -0.25) is 9.79 Å². The number of aliphatic imine (C=N–C) groups is 1. The quantitative estimate of drug-likeness (QED) is 0.361. The van der Waals surface area contributed by atoms with Crippen molar-refractivity contribution in [2.45, 2.75) is 31.8 Å². The summed E-state index contributed by atoms with van der Waals surface area (Å²) in [6, 6.07) is 14.0. The van der Waals surface area contributed by atoms with Crippen LogP contribution in [-0.2, 0) is 11.3 Å². The van der Waals surface area contributed by atoms with E-state index < -0.39 is 0 Å². The zero-order valence-corrected chi connectivity index (χ0v) is 19.6. The van der Waals surface area contributed by atoms with Gasteiger partial charge in [0.2, 0.25) is 5.91 Å². The number of hydrogen-bond donors (Lipinski definition) is 2. The van der Waals surface area contributed by atoms with Crippen molar-refractivity contribution in [2.24, 2.45) is 4.99 Å². The molecule has 1 unspecified atom stereocenters. The summed E-state index contributed by atoms with van der Waals surface area (Å²) in [6.45, 7) is 3.46. The summed E-state index contributed by atoms with van der Waals surface area (Å²) < 4.78 is 0. The van der Waals surface area contributed by atoms with Gasteiger partial charge in [0.25, 0.3) is 0 Å². The molecule has 8 heteroatoms. The molecule has 1 amide bonds. The van der Waals surface area contributed by atoms with Gasteiger partial charge in [-0.15, -0.1) is 24.0 Å². The van der Waals surface area contributed by atoms with Gasteiger partial charge in [0.05, 0.1) is 6.04 Å². The van der Waals surface area contributed by atoms with Crippen molar-refractivity contribution in [1.29, 1.82) is 0 Å². The van der Waals surface area contributed by atoms with Gasteiger partial charge in [-0.25, -0.2) is 4.98 Å². The van der Waals surface area contributed by atoms with Crippen LogP contribution in [0.3, 0.4) is 0 Å². The van der Waals surface area contributed by atoms with Crippen molar-refractivity contribution in [3.05, 3.63) is 54.2 Å². The molecule has 1 atom stereocenters. The first kappa shape index (κ1) is 22.3. The minimum Gasteiger partial charge on any atom is -0.357 e. The number of nitrogens with one attached hydrogen (secondary N) is 2. The number of para-hydroxylation sites is 1. The molecular formula is C22H29IN6O. The third kappa shape index (κ3) is 5.41. The summed E-state index contributed by atoms with van der Waals surface area (Å²) >= 11 is 0. The van der Waals surface area contributed by atoms with E-state index in [-0.39, 0.29) is 35.9 Å². The Morgan fingerprint density at radius 1 is 1.20 bits per heavy atom. The van der Waals surface area contributed by atoms with Crippen LogP contribution in [0.25, 0.3) is 0 Å². The summed E-state index contributed by atoms with van der Waals surface area (Å²) in [5.41, 5.74) is 2.11. The number of halogens is 1. The summed E-state index contributed by atoms with van der Waals surface area (Å²) in [6.07, 6.45) is 4.81. The topological polar surface area (TPSA) is 72.9 Å². The third-order valence-electron chi connectivity index (χ3n) is 5.46. The molecule has 30 heavy (non-hydrogen) atoms. The average Bonchev–Trinajstić information content (AvgIpc) is 3.42. The van der Waals surface area contributed by atoms with Crippen LogP contribution < -0.4 is 20.4 Å². The fraction of sp³-hybridized carbons (Fsp3) is 0.409. The lowest BCUT2D eigenvalue weighted by molar-refractivity contribution is -0.117. The standard InChI is InChI=1S/C22H28N6O.HI/c1-23-22(25-15-17-9-10-24-20(13-17)27-11-5-6-12-27)26-18-14-21(29)28(16-18)19-7-3-2-4-8-19;/h2-4,7-10,13,18H,5-6,11-12,14-16H2,1H3,(H2,23,25,26);1H. The Kier molecular flexibility index (Phi) is 7.89. The fourth-order valence-electron chi connectivity index (χ4n) is 3.93. The van der Waals surface area contributed by atoms with Crippen LogP contribution in [0.4, 0.5) is 11.5 Å². The molecule has 2 N–H and O–H groups in total. The summed E-state index contributed by atoms with van der Waals surface area (Å²) in [4.78, 5) is 25.4. The van der Waals surface area contributed by atoms with E-state index in [0.29, 0.717) is 25.5 Å². The summed E-state index contributed by atoms with van der Waals surface area (Å²) in [5.74, 6) is 1.88. The Morgan fingerprint density at radius 3 is 2.70 bits per heavy atom. The highest BCUT2D eigenvalue weighted by molar-refractivity contribution is 14.0. The molecule has 4 rings (SSSR count). The Balaban J connectivity index is 0.00000256. The van der Waals surface area contributed by atoms with Crippen LogP contribution >= 0.6 is 24.0 Å². The van der Waals surface area contributed by atoms with Gasteiger partial charge in [-0.05, 0) is 42.7 Å². The zero-order chi connectivity index (χ0) is 20.1. The van der Waals surface area contributed by atoms with Gasteiger partial charge < -0.3 is 20.4 Å². The van der Waals surface area contributed by atoms with Crippen molar-refractivity contribution in [3.8, 4) is 0 Å². The van der Waals surface area contributed by atoms with Gasteiger partial charge in [0, 0.05) is 51.5 Å². The second-order valence-corrected chi connectivity index (χ2v) is 7.53. The van der Waals surface area contributed by atoms with E-state index in [1.807, 2.05) is 47.5 Å². The van der Waals surface area contributed by atoms with Gasteiger partial charge in [-0.1, -0.05) is 18.2 Å². The smallest absolute Gasteiger partial charge is 0.229 e. The summed E-state index contributed by atoms with van der Waals surface area (Å²) in [5, 5.41) is 6.75. The van der Waals surface area contributed by atoms with Crippen molar-refractivity contribution >= 4 is 47.3 Å². The van der Waals surface area contributed by atoms with Crippen molar-refractivity contribution < 1.29 is 4.79 Å². The van der Waals surface area contributed by atoms with E-state index >= 15 is 0 Å². The Morgan fingerprint density at radius 2 is 1.97 bits per heavy atom. The molecule has 2 aliphatic rings. The van der Waals surface area contributed by atoms with E-state index in [1.54, 1.807) is 7.05 Å². The molecule has 7 nitrogen and oxygen atoms in total. The SMILES string of the molecule is CN=C(NCc1ccnc(N2CCCC2)c1)NC1CC(=O)N(c2ccccc2)C1.I. The molecule has 2 aromatic rings. The monoisotopic (exact) mass is 520 g/mol. The van der Waals surface area contributed by atoms with Crippen LogP contribution in [-0.4, -0.2) is 49.6 Å². The minimum atomic E-state index is 0. The molecule has 0 radical (unpaired) electrons. The number of aromatic nitrogens is 1. The maximum Gasteiger partial charge on any atom is 0.229 e. The molecule has 3 heterocycles. The van der Waals surface area contributed by atoms with Gasteiger partial charge in [0.1, 0.15) is 5.82 Å².